The van der Waals surface area contributed by atoms with E-state index in [1.54, 1.807) is 0 Å². The van der Waals surface area contributed by atoms with Crippen molar-refractivity contribution >= 4 is 81.1 Å². The third kappa shape index (κ3) is 5.01. The van der Waals surface area contributed by atoms with Crippen LogP contribution in [-0.4, -0.2) is 4.57 Å². The van der Waals surface area contributed by atoms with Crippen molar-refractivity contribution in [2.24, 2.45) is 0 Å². The lowest BCUT2D eigenvalue weighted by atomic mass is 9.97. The molecular weight excluding hydrogens is 685 g/mol. The first kappa shape index (κ1) is 31.6. The van der Waals surface area contributed by atoms with Crippen molar-refractivity contribution in [2.75, 3.05) is 4.90 Å². The van der Waals surface area contributed by atoms with Crippen LogP contribution in [0.5, 0.6) is 0 Å². The molecule has 11 aromatic rings. The van der Waals surface area contributed by atoms with Gasteiger partial charge in [0.05, 0.1) is 28.1 Å². The molecule has 0 N–H and O–H groups in total. The fourth-order valence-electron chi connectivity index (χ4n) is 8.64. The van der Waals surface area contributed by atoms with Crippen molar-refractivity contribution in [3.8, 4) is 27.9 Å². The zero-order chi connectivity index (χ0) is 36.3. The first-order valence-electron chi connectivity index (χ1n) is 18.8. The maximum atomic E-state index is 2.47. The molecule has 2 aromatic heterocycles. The van der Waals surface area contributed by atoms with E-state index in [0.717, 1.165) is 28.3 Å². The number of aromatic nitrogens is 1. The Kier molecular flexibility index (Phi) is 7.39. The van der Waals surface area contributed by atoms with E-state index in [0.29, 0.717) is 0 Å². The Morgan fingerprint density at radius 3 is 1.85 bits per heavy atom. The van der Waals surface area contributed by atoms with E-state index >= 15 is 0 Å². The normalized spacial score (nSPS) is 11.6. The van der Waals surface area contributed by atoms with Crippen molar-refractivity contribution in [3.05, 3.63) is 206 Å². The summed E-state index contributed by atoms with van der Waals surface area (Å²) in [6.07, 6.45) is 0. The first-order chi connectivity index (χ1) is 27.3. The Labute approximate surface area is 323 Å². The third-order valence-electron chi connectivity index (χ3n) is 11.0. The van der Waals surface area contributed by atoms with Crippen LogP contribution in [0.15, 0.2) is 206 Å². The predicted octanol–water partition coefficient (Wildman–Crippen LogP) is 15.1. The van der Waals surface area contributed by atoms with Crippen LogP contribution in [0.4, 0.5) is 17.1 Å². The van der Waals surface area contributed by atoms with E-state index in [2.05, 4.69) is 216 Å². The number of rotatable bonds is 6. The molecule has 0 saturated heterocycles. The van der Waals surface area contributed by atoms with Gasteiger partial charge >= 0.3 is 0 Å². The lowest BCUT2D eigenvalue weighted by Gasteiger charge is -2.29. The highest BCUT2D eigenvalue weighted by atomic mass is 32.1. The van der Waals surface area contributed by atoms with Crippen LogP contribution in [0.3, 0.4) is 0 Å². The van der Waals surface area contributed by atoms with Gasteiger partial charge in [-0.3, -0.25) is 0 Å². The van der Waals surface area contributed by atoms with Gasteiger partial charge in [-0.1, -0.05) is 158 Å². The van der Waals surface area contributed by atoms with Crippen LogP contribution >= 0.6 is 11.3 Å². The maximum absolute atomic E-state index is 2.47. The summed E-state index contributed by atoms with van der Waals surface area (Å²) < 4.78 is 5.09. The van der Waals surface area contributed by atoms with Crippen molar-refractivity contribution in [1.82, 2.24) is 4.57 Å². The molecule has 0 fully saturated rings. The van der Waals surface area contributed by atoms with Gasteiger partial charge in [-0.25, -0.2) is 0 Å². The Morgan fingerprint density at radius 2 is 0.945 bits per heavy atom. The van der Waals surface area contributed by atoms with Crippen molar-refractivity contribution in [1.29, 1.82) is 0 Å². The summed E-state index contributed by atoms with van der Waals surface area (Å²) in [5.41, 5.74) is 11.8. The van der Waals surface area contributed by atoms with Gasteiger partial charge in [0.1, 0.15) is 0 Å². The van der Waals surface area contributed by atoms with Gasteiger partial charge in [-0.15, -0.1) is 11.3 Å². The summed E-state index contributed by atoms with van der Waals surface area (Å²) >= 11 is 1.88. The smallest absolute Gasteiger partial charge is 0.0562 e. The molecule has 55 heavy (non-hydrogen) atoms. The minimum Gasteiger partial charge on any atom is -0.309 e. The molecule has 0 saturated carbocycles. The van der Waals surface area contributed by atoms with Crippen LogP contribution in [0.2, 0.25) is 0 Å². The topological polar surface area (TPSA) is 8.17 Å². The molecule has 2 nitrogen and oxygen atoms in total. The SMILES string of the molecule is c1ccc(N(c2ccccc2-c2cccc3c2sc2ccccc23)c2cccc3c2c2ccccc2n3-c2ccccc2-c2cccc3ccccc23)cc1. The number of benzene rings is 9. The average Bonchev–Trinajstić information content (AvgIpc) is 3.81. The third-order valence-corrected chi connectivity index (χ3v) is 12.2. The van der Waals surface area contributed by atoms with Gasteiger partial charge in [0.15, 0.2) is 0 Å². The number of nitrogens with zero attached hydrogens (tertiary/aromatic N) is 2. The van der Waals surface area contributed by atoms with Crippen LogP contribution < -0.4 is 4.90 Å². The summed E-state index contributed by atoms with van der Waals surface area (Å²) in [5.74, 6) is 0. The number of thiophene rings is 1. The number of fused-ring (bicyclic) bond motifs is 7. The summed E-state index contributed by atoms with van der Waals surface area (Å²) in [7, 11) is 0. The summed E-state index contributed by atoms with van der Waals surface area (Å²) in [6, 6.07) is 75.1. The van der Waals surface area contributed by atoms with Crippen LogP contribution in [0.25, 0.3) is 80.7 Å². The van der Waals surface area contributed by atoms with Crippen LogP contribution in [0.1, 0.15) is 0 Å². The lowest BCUT2D eigenvalue weighted by Crippen LogP contribution is -2.11. The molecule has 3 heteroatoms. The highest BCUT2D eigenvalue weighted by Crippen LogP contribution is 2.49. The van der Waals surface area contributed by atoms with E-state index in [9.17, 15) is 0 Å². The molecule has 0 amide bonds. The molecule has 2 heterocycles. The molecule has 0 aliphatic rings. The Balaban J connectivity index is 1.19. The molecule has 11 rings (SSSR count). The van der Waals surface area contributed by atoms with Gasteiger partial charge in [0.25, 0.3) is 0 Å². The molecule has 0 radical (unpaired) electrons. The second-order valence-corrected chi connectivity index (χ2v) is 15.1. The second kappa shape index (κ2) is 12.9. The Bertz CT molecular complexity index is 3220. The van der Waals surface area contributed by atoms with E-state index in [1.807, 2.05) is 11.3 Å². The van der Waals surface area contributed by atoms with E-state index in [1.165, 1.54) is 69.5 Å². The van der Waals surface area contributed by atoms with Gasteiger partial charge in [0, 0.05) is 53.3 Å². The molecule has 9 aromatic carbocycles. The van der Waals surface area contributed by atoms with E-state index in [-0.39, 0.29) is 0 Å². The highest BCUT2D eigenvalue weighted by Gasteiger charge is 2.24. The molecule has 0 unspecified atom stereocenters. The second-order valence-electron chi connectivity index (χ2n) is 14.0. The molecule has 0 atom stereocenters. The molecule has 0 bridgehead atoms. The number of hydrogen-bond donors (Lipinski definition) is 0. The molecule has 258 valence electrons. The lowest BCUT2D eigenvalue weighted by molar-refractivity contribution is 1.18. The van der Waals surface area contributed by atoms with Gasteiger partial charge in [-0.2, -0.15) is 0 Å². The number of para-hydroxylation sites is 4. The zero-order valence-electron chi connectivity index (χ0n) is 29.9. The fraction of sp³-hybridized carbons (Fsp3) is 0. The van der Waals surface area contributed by atoms with E-state index < -0.39 is 0 Å². The molecule has 0 aliphatic carbocycles. The predicted molar refractivity (Wildman–Crippen MR) is 237 cm³/mol. The average molecular weight is 719 g/mol. The van der Waals surface area contributed by atoms with E-state index in [4.69, 9.17) is 0 Å². The standard InChI is InChI=1S/C52H34N2S/c1-2-19-36(20-3-1)53(45-29-10-7-23-40(45)42-27-15-28-43-41-24-9-13-34-50(41)55-52(42)43)48-32-16-33-49-51(48)44-25-8-12-31-47(44)54(49)46-30-11-6-22-39(46)38-26-14-18-35-17-4-5-21-37(35)38/h1-34H. The summed E-state index contributed by atoms with van der Waals surface area (Å²) in [5, 5.41) is 7.52. The largest absolute Gasteiger partial charge is 0.309 e. The van der Waals surface area contributed by atoms with Crippen molar-refractivity contribution in [3.63, 3.8) is 0 Å². The van der Waals surface area contributed by atoms with Crippen LogP contribution in [0, 0.1) is 0 Å². The summed E-state index contributed by atoms with van der Waals surface area (Å²) in [4.78, 5) is 2.47. The highest BCUT2D eigenvalue weighted by molar-refractivity contribution is 7.26. The maximum Gasteiger partial charge on any atom is 0.0562 e. The van der Waals surface area contributed by atoms with Crippen LogP contribution in [-0.2, 0) is 0 Å². The minimum atomic E-state index is 1.11. The first-order valence-corrected chi connectivity index (χ1v) is 19.6. The monoisotopic (exact) mass is 718 g/mol. The molecule has 0 aliphatic heterocycles. The minimum absolute atomic E-state index is 1.11. The molecular formula is C52H34N2S. The fourth-order valence-corrected chi connectivity index (χ4v) is 9.87. The Morgan fingerprint density at radius 1 is 0.364 bits per heavy atom. The van der Waals surface area contributed by atoms with Crippen molar-refractivity contribution in [2.45, 2.75) is 0 Å². The number of hydrogen-bond acceptors (Lipinski definition) is 2. The quantitative estimate of drug-likeness (QED) is 0.166. The van der Waals surface area contributed by atoms with Gasteiger partial charge in [0.2, 0.25) is 0 Å². The Hall–Kier alpha value is -6.94. The summed E-state index contributed by atoms with van der Waals surface area (Å²) in [6.45, 7) is 0. The number of anilines is 3. The van der Waals surface area contributed by atoms with Gasteiger partial charge in [-0.05, 0) is 64.9 Å². The zero-order valence-corrected chi connectivity index (χ0v) is 30.7. The van der Waals surface area contributed by atoms with Crippen molar-refractivity contribution < 1.29 is 0 Å². The molecule has 0 spiro atoms. The van der Waals surface area contributed by atoms with Gasteiger partial charge < -0.3 is 9.47 Å².